The number of aromatic nitrogens is 2. The Kier molecular flexibility index (Phi) is 9.12. The summed E-state index contributed by atoms with van der Waals surface area (Å²) in [6, 6.07) is 11.8. The quantitative estimate of drug-likeness (QED) is 0.258. The summed E-state index contributed by atoms with van der Waals surface area (Å²) in [5.41, 5.74) is 1.99. The molecule has 0 aliphatic heterocycles. The zero-order chi connectivity index (χ0) is 21.7. The van der Waals surface area contributed by atoms with E-state index in [-0.39, 0.29) is 0 Å². The van der Waals surface area contributed by atoms with Crippen molar-refractivity contribution in [2.24, 2.45) is 4.99 Å². The maximum absolute atomic E-state index is 5.61. The zero-order valence-electron chi connectivity index (χ0n) is 18.3. The number of benzene rings is 1. The van der Waals surface area contributed by atoms with Crippen molar-refractivity contribution < 1.29 is 13.7 Å². The van der Waals surface area contributed by atoms with E-state index in [0.29, 0.717) is 25.6 Å². The van der Waals surface area contributed by atoms with Gasteiger partial charge in [-0.15, -0.1) is 0 Å². The van der Waals surface area contributed by atoms with Crippen LogP contribution in [0.1, 0.15) is 43.8 Å². The first-order valence-electron chi connectivity index (χ1n) is 10.8. The summed E-state index contributed by atoms with van der Waals surface area (Å²) in [6.07, 6.45) is 4.34. The van der Waals surface area contributed by atoms with E-state index in [4.69, 9.17) is 13.7 Å². The molecule has 0 atom stereocenters. The molecule has 0 aliphatic rings. The van der Waals surface area contributed by atoms with Gasteiger partial charge in [0.2, 0.25) is 0 Å². The molecule has 2 heterocycles. The number of rotatable bonds is 12. The average Bonchev–Trinajstić information content (AvgIpc) is 3.47. The van der Waals surface area contributed by atoms with E-state index in [1.165, 1.54) is 0 Å². The van der Waals surface area contributed by atoms with Crippen molar-refractivity contribution in [3.05, 3.63) is 59.8 Å². The van der Waals surface area contributed by atoms with Gasteiger partial charge in [0.15, 0.2) is 11.8 Å². The molecule has 0 unspecified atom stereocenters. The largest absolute Gasteiger partial charge is 0.467 e. The third kappa shape index (κ3) is 7.57. The Balaban J connectivity index is 1.47. The molecule has 0 bridgehead atoms. The number of hydrogen-bond donors (Lipinski definition) is 2. The molecule has 8 nitrogen and oxygen atoms in total. The fourth-order valence-electron chi connectivity index (χ4n) is 2.96. The van der Waals surface area contributed by atoms with Crippen LogP contribution in [-0.4, -0.2) is 35.8 Å². The molecule has 2 N–H and O–H groups in total. The number of ether oxygens (including phenoxy) is 1. The number of nitrogens with zero attached hydrogens (tertiary/aromatic N) is 3. The molecular weight excluding hydrogens is 394 g/mol. The van der Waals surface area contributed by atoms with E-state index in [2.05, 4.69) is 32.7 Å². The van der Waals surface area contributed by atoms with Crippen LogP contribution in [0, 0.1) is 0 Å². The predicted molar refractivity (Wildman–Crippen MR) is 120 cm³/mol. The minimum Gasteiger partial charge on any atom is -0.467 e. The lowest BCUT2D eigenvalue weighted by atomic mass is 10.1. The highest BCUT2D eigenvalue weighted by Crippen LogP contribution is 2.19. The van der Waals surface area contributed by atoms with Crippen LogP contribution in [0.4, 0.5) is 0 Å². The Bertz CT molecular complexity index is 921. The first-order chi connectivity index (χ1) is 15.3. The van der Waals surface area contributed by atoms with Gasteiger partial charge in [0, 0.05) is 31.7 Å². The molecule has 1 aromatic carbocycles. The van der Waals surface area contributed by atoms with Crippen molar-refractivity contribution in [1.29, 1.82) is 0 Å². The highest BCUT2D eigenvalue weighted by Gasteiger charge is 2.09. The first-order valence-corrected chi connectivity index (χ1v) is 10.8. The second kappa shape index (κ2) is 12.5. The van der Waals surface area contributed by atoms with Crippen LogP contribution >= 0.6 is 0 Å². The number of guanidine groups is 1. The molecule has 0 radical (unpaired) electrons. The minimum absolute atomic E-state index is 0.498. The van der Waals surface area contributed by atoms with Gasteiger partial charge in [-0.2, -0.15) is 4.98 Å². The Morgan fingerprint density at radius 2 is 2.10 bits per heavy atom. The van der Waals surface area contributed by atoms with Gasteiger partial charge in [0.05, 0.1) is 12.8 Å². The summed E-state index contributed by atoms with van der Waals surface area (Å²) < 4.78 is 16.2. The number of furan rings is 1. The summed E-state index contributed by atoms with van der Waals surface area (Å²) in [6.45, 7) is 7.41. The van der Waals surface area contributed by atoms with E-state index in [9.17, 15) is 0 Å². The fraction of sp³-hybridized carbons (Fsp3) is 0.435. The molecule has 8 heteroatoms. The SMILES string of the molecule is CCCc1noc(-c2cccc(CN=C(NCC)NCCCOCc3ccco3)c2)n1. The molecule has 3 aromatic rings. The van der Waals surface area contributed by atoms with Gasteiger partial charge in [-0.25, -0.2) is 4.99 Å². The summed E-state index contributed by atoms with van der Waals surface area (Å²) in [5.74, 6) is 2.91. The molecule has 0 saturated carbocycles. The fourth-order valence-corrected chi connectivity index (χ4v) is 2.96. The van der Waals surface area contributed by atoms with Crippen molar-refractivity contribution in [2.45, 2.75) is 46.3 Å². The maximum atomic E-state index is 5.61. The van der Waals surface area contributed by atoms with Crippen LogP contribution in [-0.2, 0) is 24.3 Å². The minimum atomic E-state index is 0.498. The number of aryl methyl sites for hydroxylation is 1. The predicted octanol–water partition coefficient (Wildman–Crippen LogP) is 3.94. The van der Waals surface area contributed by atoms with E-state index in [1.54, 1.807) is 6.26 Å². The Hall–Kier alpha value is -3.13. The van der Waals surface area contributed by atoms with Crippen LogP contribution in [0.25, 0.3) is 11.5 Å². The van der Waals surface area contributed by atoms with E-state index in [1.807, 2.05) is 43.3 Å². The van der Waals surface area contributed by atoms with Crippen LogP contribution < -0.4 is 10.6 Å². The lowest BCUT2D eigenvalue weighted by molar-refractivity contribution is 0.105. The third-order valence-electron chi connectivity index (χ3n) is 4.46. The maximum Gasteiger partial charge on any atom is 0.257 e. The average molecular weight is 426 g/mol. The molecule has 166 valence electrons. The van der Waals surface area contributed by atoms with Crippen molar-refractivity contribution in [2.75, 3.05) is 19.7 Å². The molecule has 0 fully saturated rings. The van der Waals surface area contributed by atoms with Crippen molar-refractivity contribution >= 4 is 5.96 Å². The zero-order valence-corrected chi connectivity index (χ0v) is 18.3. The Morgan fingerprint density at radius 3 is 2.90 bits per heavy atom. The van der Waals surface area contributed by atoms with Gasteiger partial charge in [-0.05, 0) is 49.6 Å². The molecule has 0 amide bonds. The summed E-state index contributed by atoms with van der Waals surface area (Å²) >= 11 is 0. The molecule has 31 heavy (non-hydrogen) atoms. The van der Waals surface area contributed by atoms with Crippen LogP contribution in [0.15, 0.2) is 56.6 Å². The lowest BCUT2D eigenvalue weighted by Crippen LogP contribution is -2.38. The van der Waals surface area contributed by atoms with Gasteiger partial charge >= 0.3 is 0 Å². The Labute approximate surface area is 183 Å². The van der Waals surface area contributed by atoms with Crippen molar-refractivity contribution in [3.63, 3.8) is 0 Å². The highest BCUT2D eigenvalue weighted by atomic mass is 16.5. The van der Waals surface area contributed by atoms with Gasteiger partial charge < -0.3 is 24.3 Å². The van der Waals surface area contributed by atoms with Gasteiger partial charge in [-0.1, -0.05) is 24.2 Å². The molecule has 0 aliphatic carbocycles. The topological polar surface area (TPSA) is 97.7 Å². The monoisotopic (exact) mass is 425 g/mol. The summed E-state index contributed by atoms with van der Waals surface area (Å²) in [7, 11) is 0. The standard InChI is InChI=1S/C23H31N5O3/c1-3-8-21-27-22(31-28-21)19-10-5-9-18(15-19)16-26-23(24-4-2)25-12-7-13-29-17-20-11-6-14-30-20/h5-6,9-11,14-15H,3-4,7-8,12-13,16-17H2,1-2H3,(H2,24,25,26). The smallest absolute Gasteiger partial charge is 0.257 e. The van der Waals surface area contributed by atoms with Crippen molar-refractivity contribution in [3.8, 4) is 11.5 Å². The normalized spacial score (nSPS) is 11.6. The first kappa shape index (κ1) is 22.6. The summed E-state index contributed by atoms with van der Waals surface area (Å²) in [4.78, 5) is 9.14. The number of nitrogens with one attached hydrogen (secondary N) is 2. The van der Waals surface area contributed by atoms with Gasteiger partial charge in [-0.3, -0.25) is 0 Å². The highest BCUT2D eigenvalue weighted by molar-refractivity contribution is 5.79. The van der Waals surface area contributed by atoms with Crippen LogP contribution in [0.2, 0.25) is 0 Å². The van der Waals surface area contributed by atoms with Gasteiger partial charge in [0.1, 0.15) is 12.4 Å². The van der Waals surface area contributed by atoms with Crippen LogP contribution in [0.3, 0.4) is 0 Å². The van der Waals surface area contributed by atoms with E-state index < -0.39 is 0 Å². The van der Waals surface area contributed by atoms with E-state index >= 15 is 0 Å². The third-order valence-corrected chi connectivity index (χ3v) is 4.46. The van der Waals surface area contributed by atoms with Crippen LogP contribution in [0.5, 0.6) is 0 Å². The van der Waals surface area contributed by atoms with Gasteiger partial charge in [0.25, 0.3) is 5.89 Å². The second-order valence-corrected chi connectivity index (χ2v) is 7.07. The Morgan fingerprint density at radius 1 is 1.16 bits per heavy atom. The molecule has 3 rings (SSSR count). The number of hydrogen-bond acceptors (Lipinski definition) is 6. The molecule has 0 saturated heterocycles. The second-order valence-electron chi connectivity index (χ2n) is 7.07. The lowest BCUT2D eigenvalue weighted by Gasteiger charge is -2.11. The molecule has 0 spiro atoms. The number of aliphatic imine (C=N–C) groups is 1. The molecule has 2 aromatic heterocycles. The summed E-state index contributed by atoms with van der Waals surface area (Å²) in [5, 5.41) is 10.6. The molecular formula is C23H31N5O3. The van der Waals surface area contributed by atoms with E-state index in [0.717, 1.165) is 61.0 Å². The van der Waals surface area contributed by atoms with Crippen molar-refractivity contribution in [1.82, 2.24) is 20.8 Å².